The molecular formula is C40H56N4O9. The number of carbonyl (C=O) groups is 5. The summed E-state index contributed by atoms with van der Waals surface area (Å²) in [6.45, 7) is 21.0. The van der Waals surface area contributed by atoms with E-state index < -0.39 is 23.5 Å². The minimum absolute atomic E-state index is 0.0516. The lowest BCUT2D eigenvalue weighted by Gasteiger charge is -2.40. The average molecular weight is 737 g/mol. The Kier molecular flexibility index (Phi) is 16.0. The van der Waals surface area contributed by atoms with Crippen molar-refractivity contribution in [1.29, 1.82) is 0 Å². The van der Waals surface area contributed by atoms with Crippen LogP contribution in [-0.4, -0.2) is 101 Å². The Morgan fingerprint density at radius 2 is 1.30 bits per heavy atom. The molecule has 0 bridgehead atoms. The highest BCUT2D eigenvalue weighted by Crippen LogP contribution is 2.27. The van der Waals surface area contributed by atoms with Crippen LogP contribution in [-0.2, 0) is 38.2 Å². The zero-order chi connectivity index (χ0) is 39.3. The summed E-state index contributed by atoms with van der Waals surface area (Å²) in [6.07, 6.45) is 6.22. The van der Waals surface area contributed by atoms with Gasteiger partial charge in [0, 0.05) is 32.1 Å². The van der Waals surface area contributed by atoms with Crippen LogP contribution in [0.2, 0.25) is 0 Å². The van der Waals surface area contributed by atoms with Gasteiger partial charge < -0.3 is 28.7 Å². The standard InChI is InChI=1S/C24H35N3O5.C16H21NO4/c1-6-8-19-18(22(29)31-7-2)15-17-20(25-19)11-14-27(21(17)28)16-9-12-26(13-10-16)23(30)32-24(3,4)5;1-5-9-14-12(16(19)21-8-4)10-11(13(6-2)17-14)15(18)20-7-3/h15-16H,6-14H2,1-5H3;6,10H,2,5,7-9H2,1,3-4H3. The molecule has 0 radical (unpaired) electrons. The quantitative estimate of drug-likeness (QED) is 0.170. The highest BCUT2D eigenvalue weighted by molar-refractivity contribution is 6.00. The Hall–Kier alpha value is -4.81. The Bertz CT molecular complexity index is 1640. The fourth-order valence-electron chi connectivity index (χ4n) is 6.21. The SMILES string of the molecule is C=Cc1nc(CCC)c(C(=O)OCC)cc1C(=O)OCC.CCCc1nc2c(cc1C(=O)OCC)C(=O)N(C1CCN(C(=O)OC(C)(C)C)CC1)CC2. The van der Waals surface area contributed by atoms with E-state index in [9.17, 15) is 24.0 Å². The second-order valence-electron chi connectivity index (χ2n) is 13.7. The number of likely N-dealkylation sites (tertiary alicyclic amines) is 1. The van der Waals surface area contributed by atoms with Crippen LogP contribution in [0, 0.1) is 0 Å². The van der Waals surface area contributed by atoms with Crippen molar-refractivity contribution in [2.75, 3.05) is 39.5 Å². The Balaban J connectivity index is 0.000000313. The zero-order valence-corrected chi connectivity index (χ0v) is 32.7. The van der Waals surface area contributed by atoms with Gasteiger partial charge in [-0.1, -0.05) is 33.3 Å². The number of pyridine rings is 2. The van der Waals surface area contributed by atoms with E-state index in [1.165, 1.54) is 12.1 Å². The number of nitrogens with zero attached hydrogens (tertiary/aromatic N) is 4. The number of ether oxygens (including phenoxy) is 4. The molecular weight excluding hydrogens is 680 g/mol. The fraction of sp³-hybridized carbons (Fsp3) is 0.575. The van der Waals surface area contributed by atoms with Crippen LogP contribution in [0.25, 0.3) is 6.08 Å². The summed E-state index contributed by atoms with van der Waals surface area (Å²) in [5, 5.41) is 0. The van der Waals surface area contributed by atoms with Gasteiger partial charge in [-0.3, -0.25) is 14.8 Å². The van der Waals surface area contributed by atoms with Crippen molar-refractivity contribution < 1.29 is 42.9 Å². The van der Waals surface area contributed by atoms with Crippen LogP contribution in [0.3, 0.4) is 0 Å². The number of aromatic nitrogens is 2. The second-order valence-corrected chi connectivity index (χ2v) is 13.7. The summed E-state index contributed by atoms with van der Waals surface area (Å²) in [7, 11) is 0. The lowest BCUT2D eigenvalue weighted by atomic mass is 9.95. The van der Waals surface area contributed by atoms with E-state index in [0.717, 1.165) is 18.5 Å². The maximum absolute atomic E-state index is 13.3. The molecule has 1 fully saturated rings. The van der Waals surface area contributed by atoms with Gasteiger partial charge in [-0.05, 0) is 85.4 Å². The van der Waals surface area contributed by atoms with E-state index in [1.54, 1.807) is 31.7 Å². The predicted molar refractivity (Wildman–Crippen MR) is 200 cm³/mol. The molecule has 2 aliphatic heterocycles. The summed E-state index contributed by atoms with van der Waals surface area (Å²) in [5.41, 5.74) is 3.40. The van der Waals surface area contributed by atoms with E-state index in [1.807, 2.05) is 39.5 Å². The first-order chi connectivity index (χ1) is 25.2. The van der Waals surface area contributed by atoms with Crippen molar-refractivity contribution >= 4 is 36.0 Å². The van der Waals surface area contributed by atoms with Crippen molar-refractivity contribution in [3.63, 3.8) is 0 Å². The molecule has 0 spiro atoms. The number of esters is 3. The Morgan fingerprint density at radius 1 is 0.792 bits per heavy atom. The van der Waals surface area contributed by atoms with Gasteiger partial charge in [0.2, 0.25) is 0 Å². The third kappa shape index (κ3) is 11.3. The first-order valence-corrected chi connectivity index (χ1v) is 18.7. The van der Waals surface area contributed by atoms with Crippen LogP contribution in [0.1, 0.15) is 145 Å². The summed E-state index contributed by atoms with van der Waals surface area (Å²) in [5.74, 6) is -1.52. The van der Waals surface area contributed by atoms with Gasteiger partial charge >= 0.3 is 24.0 Å². The molecule has 2 aromatic heterocycles. The molecule has 4 rings (SSSR count). The molecule has 13 heteroatoms. The molecule has 290 valence electrons. The Labute approximate surface area is 313 Å². The van der Waals surface area contributed by atoms with E-state index in [2.05, 4.69) is 16.5 Å². The number of aryl methyl sites for hydroxylation is 2. The summed E-state index contributed by atoms with van der Waals surface area (Å²) in [4.78, 5) is 74.8. The van der Waals surface area contributed by atoms with Gasteiger partial charge in [0.05, 0.1) is 64.9 Å². The molecule has 0 N–H and O–H groups in total. The van der Waals surface area contributed by atoms with Gasteiger partial charge in [-0.15, -0.1) is 0 Å². The van der Waals surface area contributed by atoms with Crippen molar-refractivity contribution in [2.45, 2.75) is 112 Å². The van der Waals surface area contributed by atoms with Crippen LogP contribution in [0.4, 0.5) is 4.79 Å². The number of fused-ring (bicyclic) bond motifs is 1. The maximum Gasteiger partial charge on any atom is 0.410 e. The first kappa shape index (κ1) is 42.6. The smallest absolute Gasteiger partial charge is 0.410 e. The molecule has 13 nitrogen and oxygen atoms in total. The van der Waals surface area contributed by atoms with Crippen LogP contribution in [0.15, 0.2) is 18.7 Å². The highest BCUT2D eigenvalue weighted by atomic mass is 16.6. The maximum atomic E-state index is 13.3. The van der Waals surface area contributed by atoms with E-state index in [0.29, 0.717) is 85.5 Å². The van der Waals surface area contributed by atoms with Gasteiger partial charge in [0.15, 0.2) is 0 Å². The monoisotopic (exact) mass is 736 g/mol. The number of piperidine rings is 1. The molecule has 0 aromatic carbocycles. The van der Waals surface area contributed by atoms with Crippen LogP contribution >= 0.6 is 0 Å². The van der Waals surface area contributed by atoms with Crippen molar-refractivity contribution in [3.05, 3.63) is 63.7 Å². The number of hydrogen-bond donors (Lipinski definition) is 0. The first-order valence-electron chi connectivity index (χ1n) is 18.7. The molecule has 4 heterocycles. The van der Waals surface area contributed by atoms with Crippen molar-refractivity contribution in [3.8, 4) is 0 Å². The molecule has 0 saturated carbocycles. The number of hydrogen-bond acceptors (Lipinski definition) is 11. The number of amides is 2. The molecule has 0 atom stereocenters. The Morgan fingerprint density at radius 3 is 1.79 bits per heavy atom. The molecule has 1 saturated heterocycles. The van der Waals surface area contributed by atoms with Gasteiger partial charge in [-0.25, -0.2) is 19.2 Å². The largest absolute Gasteiger partial charge is 0.462 e. The van der Waals surface area contributed by atoms with E-state index in [-0.39, 0.29) is 43.4 Å². The van der Waals surface area contributed by atoms with E-state index >= 15 is 0 Å². The van der Waals surface area contributed by atoms with E-state index in [4.69, 9.17) is 18.9 Å². The number of carbonyl (C=O) groups excluding carboxylic acids is 5. The second kappa shape index (κ2) is 19.9. The van der Waals surface area contributed by atoms with Crippen molar-refractivity contribution in [2.24, 2.45) is 0 Å². The van der Waals surface area contributed by atoms with Crippen LogP contribution in [0.5, 0.6) is 0 Å². The predicted octanol–water partition coefficient (Wildman–Crippen LogP) is 6.64. The molecule has 53 heavy (non-hydrogen) atoms. The zero-order valence-electron chi connectivity index (χ0n) is 32.7. The van der Waals surface area contributed by atoms with Gasteiger partial charge in [0.25, 0.3) is 5.91 Å². The lowest BCUT2D eigenvalue weighted by Crippen LogP contribution is -2.51. The summed E-state index contributed by atoms with van der Waals surface area (Å²) >= 11 is 0. The highest BCUT2D eigenvalue weighted by Gasteiger charge is 2.36. The molecule has 2 aromatic rings. The third-order valence-electron chi connectivity index (χ3n) is 8.60. The minimum atomic E-state index is -0.527. The average Bonchev–Trinajstić information content (AvgIpc) is 3.11. The van der Waals surface area contributed by atoms with Crippen molar-refractivity contribution in [1.82, 2.24) is 19.8 Å². The van der Waals surface area contributed by atoms with Gasteiger partial charge in [0.1, 0.15) is 5.60 Å². The topological polar surface area (TPSA) is 155 Å². The minimum Gasteiger partial charge on any atom is -0.462 e. The fourth-order valence-corrected chi connectivity index (χ4v) is 6.21. The molecule has 0 unspecified atom stereocenters. The summed E-state index contributed by atoms with van der Waals surface area (Å²) in [6, 6.07) is 3.22. The van der Waals surface area contributed by atoms with Crippen LogP contribution < -0.4 is 0 Å². The molecule has 2 aliphatic rings. The molecule has 2 amide bonds. The number of rotatable bonds is 12. The third-order valence-corrected chi connectivity index (χ3v) is 8.60. The summed E-state index contributed by atoms with van der Waals surface area (Å²) < 4.78 is 20.7. The van der Waals surface area contributed by atoms with Gasteiger partial charge in [-0.2, -0.15) is 0 Å². The molecule has 0 aliphatic carbocycles. The normalized spacial score (nSPS) is 14.4. The lowest BCUT2D eigenvalue weighted by molar-refractivity contribution is 0.0143.